The van der Waals surface area contributed by atoms with Crippen LogP contribution in [0, 0.1) is 0 Å². The van der Waals surface area contributed by atoms with Gasteiger partial charge in [-0.15, -0.1) is 0 Å². The van der Waals surface area contributed by atoms with Gasteiger partial charge in [-0.25, -0.2) is 0 Å². The average Bonchev–Trinajstić information content (AvgIpc) is 2.24. The minimum atomic E-state index is 0.476. The molecule has 0 fully saturated rings. The summed E-state index contributed by atoms with van der Waals surface area (Å²) in [6, 6.07) is 1.63. The molecule has 3 heteroatoms. The van der Waals surface area contributed by atoms with Crippen molar-refractivity contribution in [3.8, 4) is 0 Å². The number of likely N-dealkylation sites (N-methyl/N-ethyl adjacent to an activating group) is 1. The van der Waals surface area contributed by atoms with Crippen LogP contribution in [0.4, 0.5) is 0 Å². The molecule has 3 unspecified atom stereocenters. The number of hydrogen-bond acceptors (Lipinski definition) is 3. The Kier molecular flexibility index (Phi) is 8.02. The van der Waals surface area contributed by atoms with E-state index in [0.717, 1.165) is 13.2 Å². The maximum absolute atomic E-state index is 5.16. The Morgan fingerprint density at radius 3 is 2.27 bits per heavy atom. The highest BCUT2D eigenvalue weighted by molar-refractivity contribution is 4.73. The van der Waals surface area contributed by atoms with Gasteiger partial charge in [0.25, 0.3) is 0 Å². The molecule has 3 nitrogen and oxygen atoms in total. The summed E-state index contributed by atoms with van der Waals surface area (Å²) >= 11 is 0. The predicted molar refractivity (Wildman–Crippen MR) is 66.3 cm³/mol. The molecule has 1 N–H and O–H groups in total. The largest absolute Gasteiger partial charge is 0.383 e. The van der Waals surface area contributed by atoms with E-state index in [-0.39, 0.29) is 0 Å². The van der Waals surface area contributed by atoms with Crippen molar-refractivity contribution in [3.05, 3.63) is 0 Å². The van der Waals surface area contributed by atoms with Crippen molar-refractivity contribution in [2.45, 2.75) is 52.2 Å². The molecule has 0 aromatic heterocycles. The van der Waals surface area contributed by atoms with Crippen molar-refractivity contribution in [2.75, 3.05) is 27.3 Å². The van der Waals surface area contributed by atoms with Gasteiger partial charge in [-0.3, -0.25) is 4.90 Å². The first-order valence-electron chi connectivity index (χ1n) is 5.97. The number of nitrogens with zero attached hydrogens (tertiary/aromatic N) is 1. The van der Waals surface area contributed by atoms with Gasteiger partial charge in [0.05, 0.1) is 6.61 Å². The van der Waals surface area contributed by atoms with Crippen molar-refractivity contribution in [1.82, 2.24) is 10.2 Å². The highest BCUT2D eigenvalue weighted by Crippen LogP contribution is 2.02. The van der Waals surface area contributed by atoms with E-state index in [1.807, 2.05) is 0 Å². The molecule has 0 spiro atoms. The summed E-state index contributed by atoms with van der Waals surface area (Å²) in [5.41, 5.74) is 0. The van der Waals surface area contributed by atoms with Gasteiger partial charge in [-0.1, -0.05) is 6.92 Å². The zero-order chi connectivity index (χ0) is 11.8. The number of methoxy groups -OCH3 is 1. The van der Waals surface area contributed by atoms with Gasteiger partial charge in [-0.2, -0.15) is 0 Å². The van der Waals surface area contributed by atoms with Gasteiger partial charge >= 0.3 is 0 Å². The molecule has 15 heavy (non-hydrogen) atoms. The first-order valence-corrected chi connectivity index (χ1v) is 5.97. The second kappa shape index (κ2) is 8.08. The molecule has 0 rings (SSSR count). The van der Waals surface area contributed by atoms with E-state index in [1.165, 1.54) is 6.42 Å². The molecule has 0 aromatic rings. The van der Waals surface area contributed by atoms with E-state index in [4.69, 9.17) is 4.74 Å². The minimum absolute atomic E-state index is 0.476. The molecule has 0 saturated heterocycles. The fourth-order valence-electron chi connectivity index (χ4n) is 1.45. The van der Waals surface area contributed by atoms with E-state index in [9.17, 15) is 0 Å². The summed E-state index contributed by atoms with van der Waals surface area (Å²) < 4.78 is 5.16. The molecule has 3 atom stereocenters. The zero-order valence-corrected chi connectivity index (χ0v) is 11.2. The van der Waals surface area contributed by atoms with Crippen molar-refractivity contribution in [3.63, 3.8) is 0 Å². The lowest BCUT2D eigenvalue weighted by atomic mass is 10.2. The molecule has 0 radical (unpaired) electrons. The lowest BCUT2D eigenvalue weighted by Gasteiger charge is -2.31. The molecular weight excluding hydrogens is 188 g/mol. The van der Waals surface area contributed by atoms with Crippen molar-refractivity contribution >= 4 is 0 Å². The monoisotopic (exact) mass is 216 g/mol. The molecule has 0 aliphatic carbocycles. The van der Waals surface area contributed by atoms with Gasteiger partial charge in [0.15, 0.2) is 0 Å². The molecule has 0 aliphatic heterocycles. The van der Waals surface area contributed by atoms with Crippen molar-refractivity contribution < 1.29 is 4.74 Å². The average molecular weight is 216 g/mol. The third kappa shape index (κ3) is 6.13. The van der Waals surface area contributed by atoms with Gasteiger partial charge in [-0.05, 0) is 34.2 Å². The second-order valence-electron chi connectivity index (χ2n) is 4.54. The zero-order valence-electron chi connectivity index (χ0n) is 11.2. The van der Waals surface area contributed by atoms with E-state index in [2.05, 4.69) is 45.0 Å². The van der Waals surface area contributed by atoms with Gasteiger partial charge in [0.1, 0.15) is 0 Å². The van der Waals surface area contributed by atoms with Crippen LogP contribution >= 0.6 is 0 Å². The van der Waals surface area contributed by atoms with Crippen LogP contribution in [0.1, 0.15) is 34.1 Å². The first kappa shape index (κ1) is 14.9. The van der Waals surface area contributed by atoms with E-state index in [0.29, 0.717) is 18.1 Å². The summed E-state index contributed by atoms with van der Waals surface area (Å²) in [5, 5.41) is 3.53. The Morgan fingerprint density at radius 2 is 1.80 bits per heavy atom. The summed E-state index contributed by atoms with van der Waals surface area (Å²) in [6.45, 7) is 10.7. The fraction of sp³-hybridized carbons (Fsp3) is 1.00. The van der Waals surface area contributed by atoms with Crippen molar-refractivity contribution in [2.24, 2.45) is 0 Å². The number of rotatable bonds is 8. The second-order valence-corrected chi connectivity index (χ2v) is 4.54. The van der Waals surface area contributed by atoms with Crippen LogP contribution in [0.5, 0.6) is 0 Å². The Labute approximate surface area is 95.2 Å². The maximum Gasteiger partial charge on any atom is 0.0615 e. The summed E-state index contributed by atoms with van der Waals surface area (Å²) in [5.74, 6) is 0. The Morgan fingerprint density at radius 1 is 1.20 bits per heavy atom. The molecule has 0 aliphatic rings. The van der Waals surface area contributed by atoms with Crippen LogP contribution in [0.15, 0.2) is 0 Å². The van der Waals surface area contributed by atoms with Crippen LogP contribution in [0.25, 0.3) is 0 Å². The van der Waals surface area contributed by atoms with Crippen LogP contribution < -0.4 is 5.32 Å². The van der Waals surface area contributed by atoms with E-state index >= 15 is 0 Å². The fourth-order valence-corrected chi connectivity index (χ4v) is 1.45. The summed E-state index contributed by atoms with van der Waals surface area (Å²) in [4.78, 5) is 2.36. The number of ether oxygens (including phenoxy) is 1. The Hall–Kier alpha value is -0.120. The van der Waals surface area contributed by atoms with Gasteiger partial charge < -0.3 is 10.1 Å². The molecule has 0 saturated carbocycles. The normalized spacial score (nSPS) is 17.8. The molecule has 92 valence electrons. The topological polar surface area (TPSA) is 24.5 Å². The number of nitrogens with one attached hydrogen (secondary N) is 1. The smallest absolute Gasteiger partial charge is 0.0615 e. The predicted octanol–water partition coefficient (Wildman–Crippen LogP) is 1.73. The number of hydrogen-bond donors (Lipinski definition) is 1. The molecular formula is C12H28N2O. The third-order valence-corrected chi connectivity index (χ3v) is 3.17. The molecule has 0 aromatic carbocycles. The summed E-state index contributed by atoms with van der Waals surface area (Å²) in [6.07, 6.45) is 1.18. The van der Waals surface area contributed by atoms with E-state index in [1.54, 1.807) is 7.11 Å². The third-order valence-electron chi connectivity index (χ3n) is 3.17. The quantitative estimate of drug-likeness (QED) is 0.669. The first-order chi connectivity index (χ1) is 7.02. The van der Waals surface area contributed by atoms with E-state index < -0.39 is 0 Å². The van der Waals surface area contributed by atoms with Gasteiger partial charge in [0.2, 0.25) is 0 Å². The van der Waals surface area contributed by atoms with Gasteiger partial charge in [0, 0.05) is 31.8 Å². The van der Waals surface area contributed by atoms with Crippen molar-refractivity contribution in [1.29, 1.82) is 0 Å². The Balaban J connectivity index is 3.82. The Bertz CT molecular complexity index is 153. The maximum atomic E-state index is 5.16. The standard InChI is InChI=1S/C12H28N2O/c1-7-10(2)13-8-11(3)14(5)12(4)9-15-6/h10-13H,7-9H2,1-6H3. The van der Waals surface area contributed by atoms with Crippen LogP contribution in [-0.2, 0) is 4.74 Å². The minimum Gasteiger partial charge on any atom is -0.383 e. The van der Waals surface area contributed by atoms with Crippen LogP contribution in [-0.4, -0.2) is 50.3 Å². The summed E-state index contributed by atoms with van der Waals surface area (Å²) in [7, 11) is 3.92. The molecule has 0 amide bonds. The lowest BCUT2D eigenvalue weighted by molar-refractivity contribution is 0.0928. The molecule has 0 heterocycles. The van der Waals surface area contributed by atoms with Crippen LogP contribution in [0.3, 0.4) is 0 Å². The van der Waals surface area contributed by atoms with Crippen LogP contribution in [0.2, 0.25) is 0 Å². The SMILES string of the molecule is CCC(C)NCC(C)N(C)C(C)COC. The molecule has 0 bridgehead atoms. The highest BCUT2D eigenvalue weighted by atomic mass is 16.5. The lowest BCUT2D eigenvalue weighted by Crippen LogP contribution is -2.45. The highest BCUT2D eigenvalue weighted by Gasteiger charge is 2.15.